The number of nitrogens with one attached hydrogen (secondary N) is 1. The Morgan fingerprint density at radius 1 is 0.476 bits per heavy atom. The Morgan fingerprint density at radius 2 is 0.857 bits per heavy atom. The van der Waals surface area contributed by atoms with Crippen LogP contribution in [0.15, 0.2) is 109 Å². The summed E-state index contributed by atoms with van der Waals surface area (Å²) in [5.74, 6) is -0.637. The summed E-state index contributed by atoms with van der Waals surface area (Å²) in [6, 6.07) is -0.740. The summed E-state index contributed by atoms with van der Waals surface area (Å²) in [5.41, 5.74) is 0. The van der Waals surface area contributed by atoms with Crippen molar-refractivity contribution in [3.8, 4) is 0 Å². The molecule has 0 saturated carbocycles. The summed E-state index contributed by atoms with van der Waals surface area (Å²) in [5, 5.41) is 23.7. The van der Waals surface area contributed by atoms with Gasteiger partial charge in [-0.2, -0.15) is 0 Å². The molecule has 0 aromatic heterocycles. The Bertz CT molecular complexity index is 1300. The van der Waals surface area contributed by atoms with Crippen molar-refractivity contribution in [3.05, 3.63) is 109 Å². The van der Waals surface area contributed by atoms with Gasteiger partial charge in [-0.3, -0.25) is 9.59 Å². The Hall–Kier alpha value is -3.48. The number of esters is 1. The molecule has 0 bridgehead atoms. The number of carbonyl (C=O) groups excluding carboxylic acids is 2. The number of hydrogen-bond acceptors (Lipinski definition) is 5. The molecule has 3 unspecified atom stereocenters. The quantitative estimate of drug-likeness (QED) is 0.0322. The Kier molecular flexibility index (Phi) is 46.8. The average Bonchev–Trinajstić information content (AvgIpc) is 3.28. The summed E-state index contributed by atoms with van der Waals surface area (Å²) in [4.78, 5) is 26.1. The zero-order chi connectivity index (χ0) is 45.9. The molecule has 6 nitrogen and oxygen atoms in total. The minimum absolute atomic E-state index is 0.00366. The molecular formula is C57H95NO5. The molecule has 1 amide bonds. The largest absolute Gasteiger partial charge is 0.462 e. The lowest BCUT2D eigenvalue weighted by Gasteiger charge is -2.24. The van der Waals surface area contributed by atoms with Gasteiger partial charge in [0.25, 0.3) is 0 Å². The molecule has 0 aliphatic rings. The molecule has 0 aromatic rings. The molecule has 0 fully saturated rings. The van der Waals surface area contributed by atoms with Gasteiger partial charge in [0.1, 0.15) is 6.10 Å². The van der Waals surface area contributed by atoms with Crippen molar-refractivity contribution in [2.75, 3.05) is 6.61 Å². The summed E-state index contributed by atoms with van der Waals surface area (Å²) in [6.45, 7) is 6.21. The third kappa shape index (κ3) is 44.9. The number of allylic oxidation sites excluding steroid dienone is 18. The molecule has 0 spiro atoms. The first-order valence-electron chi connectivity index (χ1n) is 25.6. The van der Waals surface area contributed by atoms with Crippen LogP contribution in [0.25, 0.3) is 0 Å². The van der Waals surface area contributed by atoms with E-state index in [1.54, 1.807) is 0 Å². The van der Waals surface area contributed by atoms with Crippen LogP contribution < -0.4 is 5.32 Å². The van der Waals surface area contributed by atoms with Crippen molar-refractivity contribution in [3.63, 3.8) is 0 Å². The first-order valence-corrected chi connectivity index (χ1v) is 25.6. The van der Waals surface area contributed by atoms with Crippen molar-refractivity contribution >= 4 is 11.9 Å². The van der Waals surface area contributed by atoms with E-state index in [1.165, 1.54) is 70.6 Å². The van der Waals surface area contributed by atoms with Crippen LogP contribution in [0.1, 0.15) is 213 Å². The number of ether oxygens (including phenoxy) is 1. The van der Waals surface area contributed by atoms with Crippen LogP contribution in [0.5, 0.6) is 0 Å². The van der Waals surface area contributed by atoms with Crippen molar-refractivity contribution in [2.45, 2.75) is 232 Å². The fraction of sp³-hybridized carbons (Fsp3) is 0.649. The summed E-state index contributed by atoms with van der Waals surface area (Å²) in [7, 11) is 0. The lowest BCUT2D eigenvalue weighted by Crippen LogP contribution is -2.46. The maximum Gasteiger partial charge on any atom is 0.306 e. The van der Waals surface area contributed by atoms with Crippen LogP contribution in [0.3, 0.4) is 0 Å². The Labute approximate surface area is 388 Å². The van der Waals surface area contributed by atoms with E-state index in [-0.39, 0.29) is 31.3 Å². The maximum absolute atomic E-state index is 13.2. The van der Waals surface area contributed by atoms with Gasteiger partial charge in [0, 0.05) is 6.42 Å². The smallest absolute Gasteiger partial charge is 0.306 e. The number of hydrogen-bond donors (Lipinski definition) is 3. The molecule has 0 saturated heterocycles. The van der Waals surface area contributed by atoms with E-state index in [0.29, 0.717) is 19.3 Å². The fourth-order valence-corrected chi connectivity index (χ4v) is 7.06. The predicted octanol–water partition coefficient (Wildman–Crippen LogP) is 15.5. The van der Waals surface area contributed by atoms with Crippen LogP contribution in [0, 0.1) is 0 Å². The Balaban J connectivity index is 4.79. The molecule has 63 heavy (non-hydrogen) atoms. The molecule has 0 aliphatic carbocycles. The second-order valence-corrected chi connectivity index (χ2v) is 16.8. The molecule has 0 aromatic carbocycles. The van der Waals surface area contributed by atoms with Crippen molar-refractivity contribution in [2.24, 2.45) is 0 Å². The standard InChI is InChI=1S/C57H95NO5/c1-4-7-10-13-16-19-22-25-28-29-32-35-38-41-44-47-50-57(62)63-53(48-45-42-39-36-33-30-26-23-20-17-14-11-8-5-2)51-56(61)58-54(52-59)55(60)49-46-43-40-37-34-31-27-24-21-18-15-12-9-6-3/h7-8,10-11,16-17,19-20,25-26,28,30,32,35-36,39,41,44,53-55,59-60H,4-6,9,12-15,18,21-24,27,29,31,33-34,37-38,40,42-43,45-52H2,1-3H3,(H,58,61)/b10-7+,11-8+,19-16+,20-17+,28-25+,30-26+,35-32+,39-36+,44-41+. The average molecular weight is 874 g/mol. The van der Waals surface area contributed by atoms with Crippen molar-refractivity contribution < 1.29 is 24.5 Å². The zero-order valence-electron chi connectivity index (χ0n) is 40.7. The number of rotatable bonds is 44. The van der Waals surface area contributed by atoms with Gasteiger partial charge in [-0.25, -0.2) is 0 Å². The van der Waals surface area contributed by atoms with E-state index in [0.717, 1.165) is 89.9 Å². The third-order valence-electron chi connectivity index (χ3n) is 10.9. The number of unbranched alkanes of at least 4 members (excludes halogenated alkanes) is 14. The minimum atomic E-state index is -0.820. The van der Waals surface area contributed by atoms with Gasteiger partial charge in [0.15, 0.2) is 0 Å². The summed E-state index contributed by atoms with van der Waals surface area (Å²) >= 11 is 0. The first-order chi connectivity index (χ1) is 31.0. The highest BCUT2D eigenvalue weighted by Gasteiger charge is 2.23. The molecular weight excluding hydrogens is 779 g/mol. The van der Waals surface area contributed by atoms with Gasteiger partial charge in [-0.05, 0) is 89.9 Å². The highest BCUT2D eigenvalue weighted by molar-refractivity contribution is 5.77. The predicted molar refractivity (Wildman–Crippen MR) is 273 cm³/mol. The molecule has 0 rings (SSSR count). The van der Waals surface area contributed by atoms with Crippen LogP contribution in [0.2, 0.25) is 0 Å². The van der Waals surface area contributed by atoms with Gasteiger partial charge in [0.05, 0.1) is 25.2 Å². The lowest BCUT2D eigenvalue weighted by atomic mass is 10.0. The van der Waals surface area contributed by atoms with E-state index < -0.39 is 18.2 Å². The second kappa shape index (κ2) is 49.5. The number of amides is 1. The van der Waals surface area contributed by atoms with Crippen LogP contribution >= 0.6 is 0 Å². The highest BCUT2D eigenvalue weighted by atomic mass is 16.5. The van der Waals surface area contributed by atoms with Gasteiger partial charge in [0.2, 0.25) is 5.91 Å². The molecule has 0 heterocycles. The monoisotopic (exact) mass is 874 g/mol. The van der Waals surface area contributed by atoms with Gasteiger partial charge < -0.3 is 20.3 Å². The molecule has 3 atom stereocenters. The maximum atomic E-state index is 13.2. The molecule has 0 aliphatic heterocycles. The number of aliphatic hydroxyl groups is 2. The van der Waals surface area contributed by atoms with E-state index in [1.807, 2.05) is 6.08 Å². The van der Waals surface area contributed by atoms with Gasteiger partial charge in [-0.1, -0.05) is 220 Å². The lowest BCUT2D eigenvalue weighted by molar-refractivity contribution is -0.150. The van der Waals surface area contributed by atoms with E-state index in [9.17, 15) is 19.8 Å². The van der Waals surface area contributed by atoms with Crippen LogP contribution in [0.4, 0.5) is 0 Å². The number of carbonyl (C=O) groups is 2. The van der Waals surface area contributed by atoms with Crippen molar-refractivity contribution in [1.82, 2.24) is 5.32 Å². The van der Waals surface area contributed by atoms with E-state index in [4.69, 9.17) is 4.74 Å². The topological polar surface area (TPSA) is 95.9 Å². The zero-order valence-corrected chi connectivity index (χ0v) is 40.7. The second-order valence-electron chi connectivity index (χ2n) is 16.8. The van der Waals surface area contributed by atoms with Crippen molar-refractivity contribution in [1.29, 1.82) is 0 Å². The van der Waals surface area contributed by atoms with Crippen LogP contribution in [-0.4, -0.2) is 46.9 Å². The van der Waals surface area contributed by atoms with E-state index >= 15 is 0 Å². The molecule has 6 heteroatoms. The molecule has 0 radical (unpaired) electrons. The first kappa shape index (κ1) is 59.5. The van der Waals surface area contributed by atoms with E-state index in [2.05, 4.69) is 129 Å². The summed E-state index contributed by atoms with van der Waals surface area (Å²) < 4.78 is 5.86. The SMILES string of the molecule is CC/C=C/C/C=C/C/C=C/C/C=C/C/C=C/CCC(=O)OC(CCC/C=C/C/C=C/C/C=C/C/C=C/CC)CC(=O)NC(CO)C(O)CCCCCCCCCCCCCCCC. The van der Waals surface area contributed by atoms with Gasteiger partial charge >= 0.3 is 5.97 Å². The van der Waals surface area contributed by atoms with Gasteiger partial charge in [-0.15, -0.1) is 0 Å². The fourth-order valence-electron chi connectivity index (χ4n) is 7.06. The minimum Gasteiger partial charge on any atom is -0.462 e. The molecule has 358 valence electrons. The molecule has 3 N–H and O–H groups in total. The third-order valence-corrected chi connectivity index (χ3v) is 10.9. The normalized spacial score (nSPS) is 14.2. The highest BCUT2D eigenvalue weighted by Crippen LogP contribution is 2.16. The van der Waals surface area contributed by atoms with Crippen LogP contribution in [-0.2, 0) is 14.3 Å². The number of aliphatic hydroxyl groups excluding tert-OH is 2. The summed E-state index contributed by atoms with van der Waals surface area (Å²) in [6.07, 6.45) is 67.3. The Morgan fingerprint density at radius 3 is 1.27 bits per heavy atom.